The first-order valence-electron chi connectivity index (χ1n) is 10.9. The summed E-state index contributed by atoms with van der Waals surface area (Å²) in [5.41, 5.74) is 11.8. The Morgan fingerprint density at radius 3 is 1.75 bits per heavy atom. The van der Waals surface area contributed by atoms with Crippen LogP contribution in [-0.4, -0.2) is 3.71 Å². The van der Waals surface area contributed by atoms with E-state index in [4.69, 9.17) is 0 Å². The van der Waals surface area contributed by atoms with E-state index in [0.717, 1.165) is 0 Å². The molecule has 0 bridgehead atoms. The Balaban J connectivity index is 0.00000144. The second kappa shape index (κ2) is 10.2. The van der Waals surface area contributed by atoms with Gasteiger partial charge < -0.3 is 24.8 Å². The fourth-order valence-corrected chi connectivity index (χ4v) is 14.1. The van der Waals surface area contributed by atoms with Crippen molar-refractivity contribution in [3.63, 3.8) is 0 Å². The molecule has 0 nitrogen and oxygen atoms in total. The average molecular weight is 539 g/mol. The second-order valence-electron chi connectivity index (χ2n) is 8.79. The van der Waals surface area contributed by atoms with Gasteiger partial charge in [-0.05, 0) is 0 Å². The maximum absolute atomic E-state index is 2.72. The number of fused-ring (bicyclic) bond motifs is 3. The minimum Gasteiger partial charge on any atom is -1.00 e. The molecule has 162 valence electrons. The maximum atomic E-state index is 2.72. The first-order chi connectivity index (χ1) is 14.5. The van der Waals surface area contributed by atoms with E-state index < -0.39 is 21.3 Å². The van der Waals surface area contributed by atoms with Crippen LogP contribution in [0.15, 0.2) is 93.3 Å². The Kier molecular flexibility index (Phi) is 7.98. The zero-order valence-corrected chi connectivity index (χ0v) is 23.0. The SMILES string of the molecule is CC1=CC(C)[C](/[Zr+2](=[CH]/c2ccc(C)cc2)[CH]2c3ccccc3-c3ccccc32)=C1C.[Cl-].[Cl-]. The molecule has 1 atom stereocenters. The Labute approximate surface area is 212 Å². The summed E-state index contributed by atoms with van der Waals surface area (Å²) in [6.45, 7) is 9.24. The Morgan fingerprint density at radius 1 is 0.719 bits per heavy atom. The van der Waals surface area contributed by atoms with Crippen LogP contribution in [0.4, 0.5) is 0 Å². The van der Waals surface area contributed by atoms with Gasteiger partial charge in [-0.25, -0.2) is 0 Å². The molecule has 3 aromatic carbocycles. The van der Waals surface area contributed by atoms with Crippen LogP contribution in [0, 0.1) is 12.8 Å². The largest absolute Gasteiger partial charge is 1.00 e. The molecular formula is C29H28Cl2Zr. The van der Waals surface area contributed by atoms with Crippen LogP contribution in [0.3, 0.4) is 0 Å². The fraction of sp³-hybridized carbons (Fsp3) is 0.207. The van der Waals surface area contributed by atoms with E-state index in [9.17, 15) is 0 Å². The number of halogens is 2. The fourth-order valence-electron chi connectivity index (χ4n) is 5.27. The molecule has 0 aliphatic heterocycles. The van der Waals surface area contributed by atoms with Crippen molar-refractivity contribution in [1.82, 2.24) is 0 Å². The summed E-state index contributed by atoms with van der Waals surface area (Å²) in [5, 5.41) is 0. The number of aryl methyl sites for hydroxylation is 1. The summed E-state index contributed by atoms with van der Waals surface area (Å²) < 4.78 is 5.03. The van der Waals surface area contributed by atoms with Crippen LogP contribution in [0.5, 0.6) is 0 Å². The van der Waals surface area contributed by atoms with Crippen molar-refractivity contribution < 1.29 is 46.1 Å². The Bertz CT molecular complexity index is 1190. The summed E-state index contributed by atoms with van der Waals surface area (Å²) >= 11 is -2.27. The topological polar surface area (TPSA) is 0 Å². The van der Waals surface area contributed by atoms with Crippen LogP contribution < -0.4 is 24.8 Å². The summed E-state index contributed by atoms with van der Waals surface area (Å²) in [7, 11) is 0. The van der Waals surface area contributed by atoms with E-state index in [0.29, 0.717) is 9.54 Å². The molecule has 1 unspecified atom stereocenters. The quantitative estimate of drug-likeness (QED) is 0.473. The second-order valence-corrected chi connectivity index (χ2v) is 14.5. The molecule has 3 heteroatoms. The molecule has 5 rings (SSSR count). The van der Waals surface area contributed by atoms with Gasteiger partial charge in [-0.1, -0.05) is 0 Å². The minimum atomic E-state index is -2.27. The van der Waals surface area contributed by atoms with Gasteiger partial charge in [0, 0.05) is 0 Å². The Hall–Kier alpha value is -1.53. The van der Waals surface area contributed by atoms with Gasteiger partial charge in [-0.3, -0.25) is 0 Å². The minimum absolute atomic E-state index is 0. The van der Waals surface area contributed by atoms with E-state index >= 15 is 0 Å². The van der Waals surface area contributed by atoms with Crippen molar-refractivity contribution >= 4 is 3.71 Å². The molecule has 3 aromatic rings. The van der Waals surface area contributed by atoms with Crippen LogP contribution in [0.1, 0.15) is 46.7 Å². The van der Waals surface area contributed by atoms with Crippen LogP contribution in [0.2, 0.25) is 0 Å². The van der Waals surface area contributed by atoms with Crippen molar-refractivity contribution in [1.29, 1.82) is 0 Å². The zero-order chi connectivity index (χ0) is 20.8. The standard InChI is InChI=1S/C13H9.C8H11.C8H8.2ClH.Zr/c1-3-7-12-10(5-1)9-11-6-2-4-8-13(11)12;1-6-4-7(2)8(3)5-6;1-7-3-5-8(2)6-4-7;;;/h1-9H;4,6H,1-3H3;1,3-6H,2H3;2*1H;/q;;;;;+2/p-2. The summed E-state index contributed by atoms with van der Waals surface area (Å²) in [5.74, 6) is 0.557. The van der Waals surface area contributed by atoms with Crippen molar-refractivity contribution in [3.05, 3.63) is 116 Å². The van der Waals surface area contributed by atoms with Gasteiger partial charge in [0.25, 0.3) is 0 Å². The van der Waals surface area contributed by atoms with E-state index in [-0.39, 0.29) is 24.8 Å². The van der Waals surface area contributed by atoms with Crippen molar-refractivity contribution in [2.45, 2.75) is 31.3 Å². The van der Waals surface area contributed by atoms with E-state index in [1.165, 1.54) is 27.8 Å². The van der Waals surface area contributed by atoms with Crippen molar-refractivity contribution in [3.8, 4) is 11.1 Å². The molecule has 0 aromatic heterocycles. The van der Waals surface area contributed by atoms with Gasteiger partial charge in [0.05, 0.1) is 0 Å². The van der Waals surface area contributed by atoms with Crippen molar-refractivity contribution in [2.75, 3.05) is 0 Å². The molecule has 2 aliphatic carbocycles. The maximum Gasteiger partial charge on any atom is -1.00 e. The van der Waals surface area contributed by atoms with E-state index in [2.05, 4.69) is 110 Å². The first kappa shape index (κ1) is 25.1. The predicted molar refractivity (Wildman–Crippen MR) is 126 cm³/mol. The average Bonchev–Trinajstić information content (AvgIpc) is 3.21. The van der Waals surface area contributed by atoms with Gasteiger partial charge in [-0.2, -0.15) is 0 Å². The molecule has 0 N–H and O–H groups in total. The monoisotopic (exact) mass is 536 g/mol. The summed E-state index contributed by atoms with van der Waals surface area (Å²) in [6.07, 6.45) is 2.49. The number of allylic oxidation sites excluding steroid dienone is 4. The molecular weight excluding hydrogens is 510 g/mol. The summed E-state index contributed by atoms with van der Waals surface area (Å²) in [4.78, 5) is 0. The van der Waals surface area contributed by atoms with Gasteiger partial charge in [0.2, 0.25) is 0 Å². The van der Waals surface area contributed by atoms with Crippen LogP contribution in [0.25, 0.3) is 11.1 Å². The number of rotatable bonds is 3. The smallest absolute Gasteiger partial charge is 1.00 e. The molecule has 0 amide bonds. The molecule has 2 aliphatic rings. The van der Waals surface area contributed by atoms with Gasteiger partial charge in [-0.15, -0.1) is 0 Å². The Morgan fingerprint density at radius 2 is 1.25 bits per heavy atom. The number of benzene rings is 3. The van der Waals surface area contributed by atoms with Gasteiger partial charge >= 0.3 is 189 Å². The third-order valence-corrected chi connectivity index (χ3v) is 15.0. The first-order valence-corrected chi connectivity index (χ1v) is 15.0. The zero-order valence-electron chi connectivity index (χ0n) is 19.0. The molecule has 0 radical (unpaired) electrons. The van der Waals surface area contributed by atoms with E-state index in [1.54, 1.807) is 20.0 Å². The summed E-state index contributed by atoms with van der Waals surface area (Å²) in [6, 6.07) is 27.4. The molecule has 0 fully saturated rings. The molecule has 0 saturated carbocycles. The third kappa shape index (κ3) is 4.33. The normalized spacial score (nSPS) is 16.8. The van der Waals surface area contributed by atoms with E-state index in [1.807, 2.05) is 0 Å². The molecule has 0 heterocycles. The third-order valence-electron chi connectivity index (χ3n) is 6.81. The van der Waals surface area contributed by atoms with Crippen LogP contribution in [-0.2, 0) is 21.3 Å². The van der Waals surface area contributed by atoms with Gasteiger partial charge in [0.1, 0.15) is 0 Å². The van der Waals surface area contributed by atoms with Crippen molar-refractivity contribution in [2.24, 2.45) is 5.92 Å². The van der Waals surface area contributed by atoms with Gasteiger partial charge in [0.15, 0.2) is 0 Å². The molecule has 32 heavy (non-hydrogen) atoms. The molecule has 0 spiro atoms. The molecule has 0 saturated heterocycles. The van der Waals surface area contributed by atoms with Crippen LogP contribution >= 0.6 is 0 Å². The number of hydrogen-bond donors (Lipinski definition) is 0. The number of hydrogen-bond acceptors (Lipinski definition) is 0. The predicted octanol–water partition coefficient (Wildman–Crippen LogP) is 1.41.